The maximum atomic E-state index is 13.4. The molecular weight excluding hydrogens is 450 g/mol. The SMILES string of the molecule is CCCCC(NC(=O)c1cccnc1-n1ccc(-c2ccc(OC)cc2)n1)C1(C(N)=O)OC=CO1. The highest BCUT2D eigenvalue weighted by Gasteiger charge is 2.51. The van der Waals surface area contributed by atoms with Crippen molar-refractivity contribution in [2.75, 3.05) is 7.11 Å². The van der Waals surface area contributed by atoms with Crippen LogP contribution in [0, 0.1) is 0 Å². The Labute approximate surface area is 202 Å². The van der Waals surface area contributed by atoms with Crippen molar-refractivity contribution in [1.29, 1.82) is 0 Å². The predicted octanol–water partition coefficient (Wildman–Crippen LogP) is 2.93. The molecule has 1 aromatic carbocycles. The van der Waals surface area contributed by atoms with Crippen molar-refractivity contribution in [3.8, 4) is 22.8 Å². The lowest BCUT2D eigenvalue weighted by molar-refractivity contribution is -0.182. The van der Waals surface area contributed by atoms with Gasteiger partial charge in [0, 0.05) is 18.0 Å². The van der Waals surface area contributed by atoms with Gasteiger partial charge in [0.15, 0.2) is 5.82 Å². The Morgan fingerprint density at radius 2 is 1.91 bits per heavy atom. The fourth-order valence-electron chi connectivity index (χ4n) is 3.85. The van der Waals surface area contributed by atoms with E-state index >= 15 is 0 Å². The summed E-state index contributed by atoms with van der Waals surface area (Å²) in [5.41, 5.74) is 7.46. The summed E-state index contributed by atoms with van der Waals surface area (Å²) in [6.07, 6.45) is 7.78. The molecule has 35 heavy (non-hydrogen) atoms. The van der Waals surface area contributed by atoms with E-state index in [4.69, 9.17) is 19.9 Å². The highest BCUT2D eigenvalue weighted by atomic mass is 16.7. The van der Waals surface area contributed by atoms with Crippen LogP contribution in [-0.4, -0.2) is 45.5 Å². The fraction of sp³-hybridized carbons (Fsp3) is 0.280. The van der Waals surface area contributed by atoms with E-state index in [2.05, 4.69) is 15.4 Å². The molecule has 4 rings (SSSR count). The maximum absolute atomic E-state index is 13.4. The van der Waals surface area contributed by atoms with E-state index in [1.54, 1.807) is 31.6 Å². The molecule has 2 amide bonds. The van der Waals surface area contributed by atoms with E-state index in [0.29, 0.717) is 17.9 Å². The Balaban J connectivity index is 1.61. The molecule has 0 spiro atoms. The third-order valence-electron chi connectivity index (χ3n) is 5.72. The third-order valence-corrected chi connectivity index (χ3v) is 5.72. The molecule has 0 aliphatic carbocycles. The molecule has 3 N–H and O–H groups in total. The number of benzene rings is 1. The Bertz CT molecular complexity index is 1210. The number of methoxy groups -OCH3 is 1. The van der Waals surface area contributed by atoms with E-state index in [-0.39, 0.29) is 5.56 Å². The van der Waals surface area contributed by atoms with Gasteiger partial charge in [-0.1, -0.05) is 19.8 Å². The minimum Gasteiger partial charge on any atom is -0.497 e. The van der Waals surface area contributed by atoms with Crippen LogP contribution in [0.2, 0.25) is 0 Å². The summed E-state index contributed by atoms with van der Waals surface area (Å²) >= 11 is 0. The number of aromatic nitrogens is 3. The Kier molecular flexibility index (Phi) is 7.00. The van der Waals surface area contributed by atoms with Gasteiger partial charge in [-0.15, -0.1) is 0 Å². The zero-order chi connectivity index (χ0) is 24.8. The second-order valence-electron chi connectivity index (χ2n) is 7.96. The summed E-state index contributed by atoms with van der Waals surface area (Å²) in [6.45, 7) is 2.00. The first kappa shape index (κ1) is 23.8. The molecule has 3 aromatic rings. The van der Waals surface area contributed by atoms with Crippen LogP contribution in [0.4, 0.5) is 0 Å². The number of unbranched alkanes of at least 4 members (excludes halogenated alkanes) is 1. The largest absolute Gasteiger partial charge is 0.497 e. The van der Waals surface area contributed by atoms with Crippen LogP contribution in [0.3, 0.4) is 0 Å². The van der Waals surface area contributed by atoms with Crippen molar-refractivity contribution in [3.63, 3.8) is 0 Å². The quantitative estimate of drug-likeness (QED) is 0.459. The number of ether oxygens (including phenoxy) is 3. The van der Waals surface area contributed by atoms with Crippen molar-refractivity contribution < 1.29 is 23.8 Å². The summed E-state index contributed by atoms with van der Waals surface area (Å²) in [5.74, 6) is -2.02. The van der Waals surface area contributed by atoms with E-state index < -0.39 is 23.6 Å². The third kappa shape index (κ3) is 4.81. The molecule has 0 bridgehead atoms. The molecule has 1 aliphatic rings. The molecule has 2 aromatic heterocycles. The van der Waals surface area contributed by atoms with Crippen LogP contribution >= 0.6 is 0 Å². The minimum atomic E-state index is -1.81. The molecule has 0 fully saturated rings. The number of primary amides is 1. The summed E-state index contributed by atoms with van der Waals surface area (Å²) in [7, 11) is 1.61. The van der Waals surface area contributed by atoms with Gasteiger partial charge in [-0.25, -0.2) is 9.67 Å². The smallest absolute Gasteiger partial charge is 0.351 e. The fourth-order valence-corrected chi connectivity index (χ4v) is 3.85. The van der Waals surface area contributed by atoms with Crippen molar-refractivity contribution >= 4 is 11.8 Å². The van der Waals surface area contributed by atoms with Gasteiger partial charge in [0.25, 0.3) is 5.91 Å². The lowest BCUT2D eigenvalue weighted by Gasteiger charge is -2.33. The Morgan fingerprint density at radius 1 is 1.17 bits per heavy atom. The second-order valence-corrected chi connectivity index (χ2v) is 7.96. The first-order valence-corrected chi connectivity index (χ1v) is 11.3. The standard InChI is InChI=1S/C25H27N5O5/c1-3-4-7-21(25(24(26)32)34-15-16-35-25)28-23(31)19-6-5-13-27-22(19)30-14-12-20(29-30)17-8-10-18(33-2)11-9-17/h5-6,8-16,21H,3-4,7H2,1-2H3,(H2,26,32)(H,28,31). The second kappa shape index (κ2) is 10.3. The molecule has 1 atom stereocenters. The minimum absolute atomic E-state index is 0.268. The molecule has 0 saturated carbocycles. The van der Waals surface area contributed by atoms with Gasteiger partial charge in [0.1, 0.15) is 24.3 Å². The van der Waals surface area contributed by atoms with Crippen LogP contribution in [-0.2, 0) is 14.3 Å². The molecule has 1 aliphatic heterocycles. The van der Waals surface area contributed by atoms with E-state index in [1.807, 2.05) is 37.3 Å². The van der Waals surface area contributed by atoms with E-state index in [0.717, 1.165) is 24.2 Å². The number of rotatable bonds is 10. The lowest BCUT2D eigenvalue weighted by atomic mass is 9.99. The summed E-state index contributed by atoms with van der Waals surface area (Å²) < 4.78 is 17.6. The monoisotopic (exact) mass is 477 g/mol. The average molecular weight is 478 g/mol. The number of carbonyl (C=O) groups excluding carboxylic acids is 2. The van der Waals surface area contributed by atoms with Crippen molar-refractivity contribution in [2.24, 2.45) is 5.73 Å². The predicted molar refractivity (Wildman–Crippen MR) is 127 cm³/mol. The molecule has 0 saturated heterocycles. The molecular formula is C25H27N5O5. The molecule has 3 heterocycles. The Hall–Kier alpha value is -4.34. The van der Waals surface area contributed by atoms with Gasteiger partial charge in [0.2, 0.25) is 0 Å². The van der Waals surface area contributed by atoms with Crippen LogP contribution in [0.15, 0.2) is 67.4 Å². The van der Waals surface area contributed by atoms with Crippen LogP contribution in [0.25, 0.3) is 17.1 Å². The van der Waals surface area contributed by atoms with E-state index in [1.165, 1.54) is 17.2 Å². The number of hydrogen-bond donors (Lipinski definition) is 2. The number of nitrogens with zero attached hydrogens (tertiary/aromatic N) is 3. The number of pyridine rings is 1. The van der Waals surface area contributed by atoms with Crippen molar-refractivity contribution in [2.45, 2.75) is 38.0 Å². The normalized spacial score (nSPS) is 14.6. The molecule has 10 nitrogen and oxygen atoms in total. The van der Waals surface area contributed by atoms with E-state index in [9.17, 15) is 9.59 Å². The van der Waals surface area contributed by atoms with Crippen molar-refractivity contribution in [1.82, 2.24) is 20.1 Å². The van der Waals surface area contributed by atoms with Gasteiger partial charge >= 0.3 is 11.7 Å². The number of hydrogen-bond acceptors (Lipinski definition) is 7. The zero-order valence-electron chi connectivity index (χ0n) is 19.5. The van der Waals surface area contributed by atoms with Gasteiger partial charge in [0.05, 0.1) is 18.4 Å². The molecule has 0 radical (unpaired) electrons. The average Bonchev–Trinajstić information content (AvgIpc) is 3.58. The number of carbonyl (C=O) groups is 2. The van der Waals surface area contributed by atoms with Gasteiger partial charge < -0.3 is 25.3 Å². The highest BCUT2D eigenvalue weighted by Crippen LogP contribution is 2.28. The van der Waals surface area contributed by atoms with Crippen molar-refractivity contribution in [3.05, 3.63) is 72.9 Å². The van der Waals surface area contributed by atoms with Gasteiger partial charge in [-0.05, 0) is 48.9 Å². The zero-order valence-corrected chi connectivity index (χ0v) is 19.5. The van der Waals surface area contributed by atoms with Gasteiger partial charge in [-0.3, -0.25) is 9.59 Å². The summed E-state index contributed by atoms with van der Waals surface area (Å²) in [5, 5.41) is 7.47. The van der Waals surface area contributed by atoms with Crippen LogP contribution in [0.1, 0.15) is 36.5 Å². The summed E-state index contributed by atoms with van der Waals surface area (Å²) in [6, 6.07) is 11.8. The lowest BCUT2D eigenvalue weighted by Crippen LogP contribution is -2.60. The number of nitrogens with one attached hydrogen (secondary N) is 1. The number of nitrogens with two attached hydrogens (primary N) is 1. The molecule has 10 heteroatoms. The highest BCUT2D eigenvalue weighted by molar-refractivity contribution is 5.98. The summed E-state index contributed by atoms with van der Waals surface area (Å²) in [4.78, 5) is 30.0. The van der Waals surface area contributed by atoms with Crippen LogP contribution < -0.4 is 15.8 Å². The first-order valence-electron chi connectivity index (χ1n) is 11.3. The maximum Gasteiger partial charge on any atom is 0.351 e. The Morgan fingerprint density at radius 3 is 2.57 bits per heavy atom. The number of amides is 2. The molecule has 182 valence electrons. The van der Waals surface area contributed by atoms with Gasteiger partial charge in [-0.2, -0.15) is 5.10 Å². The molecule has 1 unspecified atom stereocenters. The topological polar surface area (TPSA) is 131 Å². The first-order chi connectivity index (χ1) is 17.0. The van der Waals surface area contributed by atoms with Crippen LogP contribution in [0.5, 0.6) is 5.75 Å².